The molecular formula is C12H12F3N3O2. The van der Waals surface area contributed by atoms with Crippen LogP contribution in [0.1, 0.15) is 17.3 Å². The third-order valence-electron chi connectivity index (χ3n) is 2.70. The van der Waals surface area contributed by atoms with Crippen molar-refractivity contribution in [2.24, 2.45) is 5.73 Å². The summed E-state index contributed by atoms with van der Waals surface area (Å²) in [5, 5.41) is 0. The first kappa shape index (κ1) is 14.2. The lowest BCUT2D eigenvalue weighted by atomic mass is 10.2. The molecule has 108 valence electrons. The first-order valence-electron chi connectivity index (χ1n) is 5.83. The zero-order chi connectivity index (χ0) is 14.9. The maximum Gasteiger partial charge on any atom is 0.406 e. The molecule has 1 aromatic heterocycles. The van der Waals surface area contributed by atoms with E-state index in [-0.39, 0.29) is 29.2 Å². The standard InChI is InChI=1S/C12H12F3N3O2/c1-2-18(6-12(13,14)15)11-17-9-7(10(16)19)4-3-5-8(9)20-11/h3-5H,2,6H2,1H3,(H2,16,19). The molecule has 0 aliphatic rings. The van der Waals surface area contributed by atoms with E-state index in [0.717, 1.165) is 4.90 Å². The number of hydrogen-bond donors (Lipinski definition) is 1. The van der Waals surface area contributed by atoms with Gasteiger partial charge in [-0.3, -0.25) is 4.79 Å². The quantitative estimate of drug-likeness (QED) is 0.936. The molecule has 1 heterocycles. The summed E-state index contributed by atoms with van der Waals surface area (Å²) in [7, 11) is 0. The van der Waals surface area contributed by atoms with Crippen LogP contribution in [-0.2, 0) is 0 Å². The Balaban J connectivity index is 2.45. The fourth-order valence-corrected chi connectivity index (χ4v) is 1.80. The van der Waals surface area contributed by atoms with Crippen LogP contribution in [0.5, 0.6) is 0 Å². The molecule has 5 nitrogen and oxygen atoms in total. The summed E-state index contributed by atoms with van der Waals surface area (Å²) in [6.45, 7) is 0.441. The highest BCUT2D eigenvalue weighted by molar-refractivity contribution is 6.03. The minimum absolute atomic E-state index is 0.0677. The summed E-state index contributed by atoms with van der Waals surface area (Å²) >= 11 is 0. The van der Waals surface area contributed by atoms with E-state index >= 15 is 0 Å². The molecular weight excluding hydrogens is 275 g/mol. The van der Waals surface area contributed by atoms with Crippen molar-refractivity contribution >= 4 is 23.0 Å². The number of anilines is 1. The van der Waals surface area contributed by atoms with Crippen molar-refractivity contribution in [2.75, 3.05) is 18.0 Å². The van der Waals surface area contributed by atoms with Gasteiger partial charge in [0, 0.05) is 6.54 Å². The Morgan fingerprint density at radius 2 is 2.15 bits per heavy atom. The average Bonchev–Trinajstić information content (AvgIpc) is 2.77. The first-order valence-corrected chi connectivity index (χ1v) is 5.83. The minimum atomic E-state index is -4.37. The van der Waals surface area contributed by atoms with Crippen LogP contribution in [0.15, 0.2) is 22.6 Å². The Labute approximate surface area is 112 Å². The highest BCUT2D eigenvalue weighted by Crippen LogP contribution is 2.27. The van der Waals surface area contributed by atoms with E-state index in [1.54, 1.807) is 6.92 Å². The number of primary amides is 1. The number of amides is 1. The minimum Gasteiger partial charge on any atom is -0.423 e. The van der Waals surface area contributed by atoms with Gasteiger partial charge in [-0.15, -0.1) is 0 Å². The molecule has 0 aliphatic heterocycles. The van der Waals surface area contributed by atoms with Crippen LogP contribution in [0.2, 0.25) is 0 Å². The lowest BCUT2D eigenvalue weighted by Gasteiger charge is -2.19. The van der Waals surface area contributed by atoms with E-state index in [9.17, 15) is 18.0 Å². The highest BCUT2D eigenvalue weighted by Gasteiger charge is 2.32. The Kier molecular flexibility index (Phi) is 3.56. The topological polar surface area (TPSA) is 72.4 Å². The molecule has 0 atom stereocenters. The molecule has 8 heteroatoms. The number of rotatable bonds is 4. The van der Waals surface area contributed by atoms with Crippen LogP contribution in [0.3, 0.4) is 0 Å². The van der Waals surface area contributed by atoms with Crippen molar-refractivity contribution in [1.29, 1.82) is 0 Å². The van der Waals surface area contributed by atoms with Gasteiger partial charge in [-0.2, -0.15) is 18.2 Å². The van der Waals surface area contributed by atoms with Crippen molar-refractivity contribution < 1.29 is 22.4 Å². The second-order valence-electron chi connectivity index (χ2n) is 4.14. The van der Waals surface area contributed by atoms with Crippen molar-refractivity contribution in [3.63, 3.8) is 0 Å². The number of nitrogens with zero attached hydrogens (tertiary/aromatic N) is 2. The molecule has 0 saturated heterocycles. The molecule has 0 spiro atoms. The molecule has 0 aliphatic carbocycles. The fraction of sp³-hybridized carbons (Fsp3) is 0.333. The van der Waals surface area contributed by atoms with Crippen LogP contribution >= 0.6 is 0 Å². The van der Waals surface area contributed by atoms with Gasteiger partial charge in [-0.25, -0.2) is 0 Å². The monoisotopic (exact) mass is 287 g/mol. The van der Waals surface area contributed by atoms with Crippen LogP contribution in [0, 0.1) is 0 Å². The third kappa shape index (κ3) is 2.84. The summed E-state index contributed by atoms with van der Waals surface area (Å²) in [5.41, 5.74) is 5.68. The molecule has 0 unspecified atom stereocenters. The van der Waals surface area contributed by atoms with Gasteiger partial charge in [0.25, 0.3) is 11.9 Å². The maximum absolute atomic E-state index is 12.5. The SMILES string of the molecule is CCN(CC(F)(F)F)c1nc2c(C(N)=O)cccc2o1. The summed E-state index contributed by atoms with van der Waals surface area (Å²) in [4.78, 5) is 16.1. The van der Waals surface area contributed by atoms with Gasteiger partial charge in [-0.1, -0.05) is 6.07 Å². The van der Waals surface area contributed by atoms with Gasteiger partial charge in [0.15, 0.2) is 5.58 Å². The molecule has 20 heavy (non-hydrogen) atoms. The zero-order valence-corrected chi connectivity index (χ0v) is 10.6. The lowest BCUT2D eigenvalue weighted by Crippen LogP contribution is -2.34. The Morgan fingerprint density at radius 3 is 2.70 bits per heavy atom. The number of fused-ring (bicyclic) bond motifs is 1. The summed E-state index contributed by atoms with van der Waals surface area (Å²) in [6.07, 6.45) is -4.37. The Bertz CT molecular complexity index is 636. The predicted molar refractivity (Wildman–Crippen MR) is 66.5 cm³/mol. The average molecular weight is 287 g/mol. The van der Waals surface area contributed by atoms with Crippen molar-refractivity contribution in [1.82, 2.24) is 4.98 Å². The van der Waals surface area contributed by atoms with Gasteiger partial charge in [0.1, 0.15) is 12.1 Å². The van der Waals surface area contributed by atoms with Gasteiger partial charge in [-0.05, 0) is 19.1 Å². The van der Waals surface area contributed by atoms with E-state index in [1.165, 1.54) is 18.2 Å². The van der Waals surface area contributed by atoms with Gasteiger partial charge in [0.2, 0.25) is 0 Å². The molecule has 0 bridgehead atoms. The van der Waals surface area contributed by atoms with E-state index in [2.05, 4.69) is 4.98 Å². The van der Waals surface area contributed by atoms with Crippen LogP contribution in [0.4, 0.5) is 19.2 Å². The van der Waals surface area contributed by atoms with Gasteiger partial charge < -0.3 is 15.1 Å². The molecule has 1 aromatic carbocycles. The normalized spacial score (nSPS) is 11.8. The van der Waals surface area contributed by atoms with Crippen LogP contribution in [0.25, 0.3) is 11.1 Å². The molecule has 0 saturated carbocycles. The molecule has 0 fully saturated rings. The molecule has 0 radical (unpaired) electrons. The summed E-state index contributed by atoms with van der Waals surface area (Å²) < 4.78 is 42.6. The maximum atomic E-state index is 12.5. The molecule has 2 aromatic rings. The molecule has 2 N–H and O–H groups in total. The van der Waals surface area contributed by atoms with Gasteiger partial charge in [0.05, 0.1) is 5.56 Å². The predicted octanol–water partition coefficient (Wildman–Crippen LogP) is 2.32. The molecule has 2 rings (SSSR count). The number of carbonyl (C=O) groups excluding carboxylic acids is 1. The van der Waals surface area contributed by atoms with E-state index in [0.29, 0.717) is 0 Å². The lowest BCUT2D eigenvalue weighted by molar-refractivity contribution is -0.120. The summed E-state index contributed by atoms with van der Waals surface area (Å²) in [5.74, 6) is -0.714. The second kappa shape index (κ2) is 5.03. The van der Waals surface area contributed by atoms with E-state index < -0.39 is 18.6 Å². The highest BCUT2D eigenvalue weighted by atomic mass is 19.4. The Morgan fingerprint density at radius 1 is 1.45 bits per heavy atom. The Hall–Kier alpha value is -2.25. The van der Waals surface area contributed by atoms with Crippen LogP contribution in [-0.4, -0.2) is 30.2 Å². The fourth-order valence-electron chi connectivity index (χ4n) is 1.80. The number of carbonyl (C=O) groups is 1. The number of alkyl halides is 3. The largest absolute Gasteiger partial charge is 0.423 e. The van der Waals surface area contributed by atoms with Gasteiger partial charge >= 0.3 is 6.18 Å². The first-order chi connectivity index (χ1) is 9.31. The van der Waals surface area contributed by atoms with Crippen molar-refractivity contribution in [3.8, 4) is 0 Å². The number of benzene rings is 1. The number of halogens is 3. The smallest absolute Gasteiger partial charge is 0.406 e. The molecule has 1 amide bonds. The number of hydrogen-bond acceptors (Lipinski definition) is 4. The second-order valence-corrected chi connectivity index (χ2v) is 4.14. The number of aromatic nitrogens is 1. The number of nitrogens with two attached hydrogens (primary N) is 1. The third-order valence-corrected chi connectivity index (χ3v) is 2.70. The summed E-state index contributed by atoms with van der Waals surface area (Å²) in [6, 6.07) is 4.29. The number of oxazole rings is 1. The van der Waals surface area contributed by atoms with Crippen LogP contribution < -0.4 is 10.6 Å². The van der Waals surface area contributed by atoms with Crippen molar-refractivity contribution in [3.05, 3.63) is 23.8 Å². The number of para-hydroxylation sites is 1. The van der Waals surface area contributed by atoms with Crippen molar-refractivity contribution in [2.45, 2.75) is 13.1 Å². The van der Waals surface area contributed by atoms with E-state index in [4.69, 9.17) is 10.2 Å². The van der Waals surface area contributed by atoms with E-state index in [1.807, 2.05) is 0 Å². The zero-order valence-electron chi connectivity index (χ0n) is 10.6.